The molecule has 0 saturated carbocycles. The second kappa shape index (κ2) is 3.21. The Kier molecular flexibility index (Phi) is 2.88. The molecule has 0 rings (SSSR count). The molecule has 0 heterocycles. The lowest BCUT2D eigenvalue weighted by Gasteiger charge is -1.96. The van der Waals surface area contributed by atoms with E-state index < -0.39 is 0 Å². The number of carbonyl (C=O) groups excluding carboxylic acids is 1. The van der Waals surface area contributed by atoms with Crippen LogP contribution in [0.4, 0.5) is 0 Å². The largest absolute Gasteiger partial charge is 0.298 e. The van der Waals surface area contributed by atoms with Gasteiger partial charge in [-0.05, 0) is 13.8 Å². The number of allylic oxidation sites excluding steroid dienone is 2. The van der Waals surface area contributed by atoms with Crippen molar-refractivity contribution >= 4 is 6.29 Å². The third-order valence-electron chi connectivity index (χ3n) is 0.936. The lowest BCUT2D eigenvalue weighted by Crippen LogP contribution is -2.05. The Balaban J connectivity index is 4.03. The summed E-state index contributed by atoms with van der Waals surface area (Å²) in [5.74, 6) is 0. The molecule has 0 spiro atoms. The third kappa shape index (κ3) is 1.75. The molecule has 0 fully saturated rings. The van der Waals surface area contributed by atoms with Crippen LogP contribution in [0.1, 0.15) is 13.8 Å². The molecule has 0 bridgehead atoms. The molecule has 3 nitrogen and oxygen atoms in total. The summed E-state index contributed by atoms with van der Waals surface area (Å²) in [4.78, 5) is 9.90. The minimum Gasteiger partial charge on any atom is -0.298 e. The van der Waals surface area contributed by atoms with E-state index in [9.17, 15) is 4.79 Å². The molecular formula is C5H9NO2. The second-order valence-electron chi connectivity index (χ2n) is 1.54. The normalized spacial score (nSPS) is 12.4. The molecule has 0 atom stereocenters. The van der Waals surface area contributed by atoms with E-state index in [2.05, 4.69) is 0 Å². The van der Waals surface area contributed by atoms with E-state index in [1.165, 1.54) is 0 Å². The quantitative estimate of drug-likeness (QED) is 0.312. The zero-order valence-corrected chi connectivity index (χ0v) is 4.93. The summed E-state index contributed by atoms with van der Waals surface area (Å²) in [5.41, 5.74) is 2.86. The molecule has 8 heavy (non-hydrogen) atoms. The standard InChI is InChI=1S/C5H9NO2/c1-4(3-7)5(2)6-8/h3,6,8H,1-2H3. The molecule has 46 valence electrons. The van der Waals surface area contributed by atoms with Crippen molar-refractivity contribution < 1.29 is 10.0 Å². The van der Waals surface area contributed by atoms with E-state index in [-0.39, 0.29) is 0 Å². The van der Waals surface area contributed by atoms with Crippen LogP contribution in [0.2, 0.25) is 0 Å². The van der Waals surface area contributed by atoms with E-state index >= 15 is 0 Å². The van der Waals surface area contributed by atoms with Gasteiger partial charge < -0.3 is 0 Å². The fraction of sp³-hybridized carbons (Fsp3) is 0.400. The van der Waals surface area contributed by atoms with Gasteiger partial charge in [-0.1, -0.05) is 0 Å². The Hall–Kier alpha value is -0.830. The van der Waals surface area contributed by atoms with Crippen molar-refractivity contribution in [1.82, 2.24) is 5.48 Å². The Labute approximate surface area is 48.0 Å². The van der Waals surface area contributed by atoms with Crippen molar-refractivity contribution in [3.05, 3.63) is 11.3 Å². The third-order valence-corrected chi connectivity index (χ3v) is 0.936. The summed E-state index contributed by atoms with van der Waals surface area (Å²) in [6.45, 7) is 3.23. The molecule has 0 amide bonds. The summed E-state index contributed by atoms with van der Waals surface area (Å²) in [6, 6.07) is 0. The number of nitrogens with one attached hydrogen (secondary N) is 1. The summed E-state index contributed by atoms with van der Waals surface area (Å²) < 4.78 is 0. The predicted octanol–water partition coefficient (Wildman–Crippen LogP) is 0.458. The Morgan fingerprint density at radius 1 is 1.62 bits per heavy atom. The number of hydrogen-bond donors (Lipinski definition) is 2. The molecule has 0 radical (unpaired) electrons. The van der Waals surface area contributed by atoms with Crippen molar-refractivity contribution in [2.24, 2.45) is 0 Å². The molecule has 2 N–H and O–H groups in total. The fourth-order valence-corrected chi connectivity index (χ4v) is 0.177. The molecule has 0 aromatic heterocycles. The Bertz CT molecular complexity index is 118. The molecule has 0 unspecified atom stereocenters. The SMILES string of the molecule is CC(C=O)=C(C)NO. The van der Waals surface area contributed by atoms with Crippen LogP contribution in [0.3, 0.4) is 0 Å². The first kappa shape index (κ1) is 7.17. The van der Waals surface area contributed by atoms with Crippen molar-refractivity contribution in [2.75, 3.05) is 0 Å². The van der Waals surface area contributed by atoms with Crippen LogP contribution in [-0.2, 0) is 4.79 Å². The van der Waals surface area contributed by atoms with Crippen molar-refractivity contribution in [1.29, 1.82) is 0 Å². The van der Waals surface area contributed by atoms with Gasteiger partial charge in [-0.25, -0.2) is 0 Å². The number of rotatable bonds is 2. The van der Waals surface area contributed by atoms with Crippen LogP contribution in [0.5, 0.6) is 0 Å². The minimum atomic E-state index is 0.486. The molecule has 0 aliphatic heterocycles. The topological polar surface area (TPSA) is 49.3 Å². The van der Waals surface area contributed by atoms with Gasteiger partial charge in [-0.15, -0.1) is 0 Å². The molecule has 0 aliphatic rings. The van der Waals surface area contributed by atoms with Crippen LogP contribution in [0.15, 0.2) is 11.3 Å². The fourth-order valence-electron chi connectivity index (χ4n) is 0.177. The molecule has 3 heteroatoms. The predicted molar refractivity (Wildman–Crippen MR) is 29.4 cm³/mol. The average Bonchev–Trinajstić information content (AvgIpc) is 1.84. The molecule has 0 aliphatic carbocycles. The maximum atomic E-state index is 9.90. The number of hydroxylamine groups is 1. The number of carbonyl (C=O) groups is 1. The highest BCUT2D eigenvalue weighted by Crippen LogP contribution is 1.92. The van der Waals surface area contributed by atoms with Gasteiger partial charge in [0, 0.05) is 11.3 Å². The van der Waals surface area contributed by atoms with Gasteiger partial charge in [0.25, 0.3) is 0 Å². The van der Waals surface area contributed by atoms with E-state index in [0.29, 0.717) is 17.6 Å². The van der Waals surface area contributed by atoms with Crippen molar-refractivity contribution in [3.8, 4) is 0 Å². The minimum absolute atomic E-state index is 0.486. The zero-order chi connectivity index (χ0) is 6.57. The van der Waals surface area contributed by atoms with Crippen molar-refractivity contribution in [3.63, 3.8) is 0 Å². The van der Waals surface area contributed by atoms with Crippen molar-refractivity contribution in [2.45, 2.75) is 13.8 Å². The highest BCUT2D eigenvalue weighted by Gasteiger charge is 1.89. The molecule has 0 saturated heterocycles. The monoisotopic (exact) mass is 115 g/mol. The van der Waals surface area contributed by atoms with E-state index in [1.54, 1.807) is 13.8 Å². The highest BCUT2D eigenvalue weighted by molar-refractivity contribution is 5.73. The highest BCUT2D eigenvalue weighted by atomic mass is 16.5. The maximum absolute atomic E-state index is 9.90. The van der Waals surface area contributed by atoms with Gasteiger partial charge in [0.2, 0.25) is 0 Å². The van der Waals surface area contributed by atoms with Crippen LogP contribution >= 0.6 is 0 Å². The van der Waals surface area contributed by atoms with Gasteiger partial charge >= 0.3 is 0 Å². The molecule has 0 aromatic carbocycles. The Morgan fingerprint density at radius 2 is 2.12 bits per heavy atom. The lowest BCUT2D eigenvalue weighted by molar-refractivity contribution is -0.105. The van der Waals surface area contributed by atoms with Gasteiger partial charge in [0.05, 0.1) is 0 Å². The number of aldehydes is 1. The number of hydrogen-bond acceptors (Lipinski definition) is 3. The molecule has 0 aromatic rings. The van der Waals surface area contributed by atoms with Gasteiger partial charge in [-0.3, -0.25) is 15.5 Å². The van der Waals surface area contributed by atoms with E-state index in [1.807, 2.05) is 5.48 Å². The second-order valence-corrected chi connectivity index (χ2v) is 1.54. The van der Waals surface area contributed by atoms with Crippen LogP contribution in [0.25, 0.3) is 0 Å². The van der Waals surface area contributed by atoms with Gasteiger partial charge in [-0.2, -0.15) is 0 Å². The van der Waals surface area contributed by atoms with E-state index in [4.69, 9.17) is 5.21 Å². The summed E-state index contributed by atoms with van der Waals surface area (Å²) >= 11 is 0. The summed E-state index contributed by atoms with van der Waals surface area (Å²) in [6.07, 6.45) is 0.679. The first-order valence-corrected chi connectivity index (χ1v) is 2.25. The molecular weight excluding hydrogens is 106 g/mol. The van der Waals surface area contributed by atoms with Crippen LogP contribution in [0, 0.1) is 0 Å². The van der Waals surface area contributed by atoms with Gasteiger partial charge in [0.1, 0.15) is 6.29 Å². The maximum Gasteiger partial charge on any atom is 0.147 e. The smallest absolute Gasteiger partial charge is 0.147 e. The lowest BCUT2D eigenvalue weighted by atomic mass is 10.3. The van der Waals surface area contributed by atoms with E-state index in [0.717, 1.165) is 0 Å². The summed E-state index contributed by atoms with van der Waals surface area (Å²) in [5, 5.41) is 8.17. The average molecular weight is 115 g/mol. The zero-order valence-electron chi connectivity index (χ0n) is 4.93. The summed E-state index contributed by atoms with van der Waals surface area (Å²) in [7, 11) is 0. The van der Waals surface area contributed by atoms with Crippen LogP contribution in [-0.4, -0.2) is 11.5 Å². The van der Waals surface area contributed by atoms with Crippen LogP contribution < -0.4 is 5.48 Å². The first-order valence-electron chi connectivity index (χ1n) is 2.25. The Morgan fingerprint density at radius 3 is 2.25 bits per heavy atom. The van der Waals surface area contributed by atoms with Gasteiger partial charge in [0.15, 0.2) is 0 Å². The first-order chi connectivity index (χ1) is 3.72.